The van der Waals surface area contributed by atoms with Crippen LogP contribution in [0.1, 0.15) is 226 Å². The van der Waals surface area contributed by atoms with Gasteiger partial charge in [-0.05, 0) is 128 Å². The first-order valence-electron chi connectivity index (χ1n) is 27.0. The Hall–Kier alpha value is -4.19. The molecule has 0 aromatic heterocycles. The number of ether oxygens (including phenoxy) is 3. The van der Waals surface area contributed by atoms with E-state index in [4.69, 9.17) is 14.2 Å². The van der Waals surface area contributed by atoms with Gasteiger partial charge in [-0.3, -0.25) is 14.4 Å². The summed E-state index contributed by atoms with van der Waals surface area (Å²) in [5.41, 5.74) is 0. The summed E-state index contributed by atoms with van der Waals surface area (Å²) in [6.45, 7) is 6.43. The lowest BCUT2D eigenvalue weighted by atomic mass is 10.1. The van der Waals surface area contributed by atoms with Crippen molar-refractivity contribution in [2.75, 3.05) is 13.2 Å². The van der Waals surface area contributed by atoms with Gasteiger partial charge in [0.25, 0.3) is 0 Å². The fraction of sp³-hybridized carbons (Fsp3) is 0.623. The molecule has 0 radical (unpaired) electrons. The van der Waals surface area contributed by atoms with Crippen LogP contribution >= 0.6 is 0 Å². The van der Waals surface area contributed by atoms with E-state index in [0.717, 1.165) is 96.3 Å². The normalized spacial score (nSPS) is 12.7. The highest BCUT2D eigenvalue weighted by atomic mass is 16.6. The zero-order valence-corrected chi connectivity index (χ0v) is 43.1. The fourth-order valence-electron chi connectivity index (χ4n) is 6.81. The first-order chi connectivity index (χ1) is 33.0. The van der Waals surface area contributed by atoms with Crippen molar-refractivity contribution < 1.29 is 28.6 Å². The Bertz CT molecular complexity index is 1360. The molecule has 0 rings (SSSR count). The number of hydrogen-bond donors (Lipinski definition) is 0. The van der Waals surface area contributed by atoms with E-state index in [9.17, 15) is 14.4 Å². The average molecular weight is 927 g/mol. The smallest absolute Gasteiger partial charge is 0.306 e. The molecule has 0 aliphatic heterocycles. The van der Waals surface area contributed by atoms with Crippen LogP contribution in [0, 0.1) is 0 Å². The van der Waals surface area contributed by atoms with Gasteiger partial charge in [0.15, 0.2) is 6.10 Å². The lowest BCUT2D eigenvalue weighted by molar-refractivity contribution is -0.167. The third-order valence-corrected chi connectivity index (χ3v) is 10.9. The first-order valence-corrected chi connectivity index (χ1v) is 27.0. The van der Waals surface area contributed by atoms with E-state index in [1.54, 1.807) is 0 Å². The monoisotopic (exact) mass is 927 g/mol. The number of hydrogen-bond acceptors (Lipinski definition) is 6. The van der Waals surface area contributed by atoms with Crippen LogP contribution in [0.25, 0.3) is 0 Å². The minimum atomic E-state index is -0.833. The van der Waals surface area contributed by atoms with Crippen LogP contribution in [-0.2, 0) is 28.6 Å². The summed E-state index contributed by atoms with van der Waals surface area (Å²) < 4.78 is 16.7. The Morgan fingerprint density at radius 3 is 0.881 bits per heavy atom. The third kappa shape index (κ3) is 52.6. The fourth-order valence-corrected chi connectivity index (χ4v) is 6.81. The molecule has 6 heteroatoms. The van der Waals surface area contributed by atoms with Crippen LogP contribution < -0.4 is 0 Å². The highest BCUT2D eigenvalue weighted by Gasteiger charge is 2.19. The number of unbranched alkanes of at least 4 members (excludes halogenated alkanes) is 16. The standard InChI is InChI=1S/C61H98O6/c1-4-7-10-13-16-19-22-25-28-30-33-35-38-41-44-47-50-53-59(62)65-56-58(67-61(64)55-52-49-46-43-40-37-32-27-24-21-18-15-12-9-6-3)57-66-60(63)54-51-48-45-42-39-36-34-31-29-26-23-20-17-14-11-8-5-2/h16-21,25-29,32-36,41-42,44-45,58H,4-15,22-24,30-31,37-40,43,46-57H2,1-3H3/b19-16-,20-17-,21-18-,28-25-,29-26-,32-27-,35-33-,36-34-,44-41-,45-42-. The number of allylic oxidation sites excluding steroid dienone is 20. The molecule has 0 amide bonds. The summed E-state index contributed by atoms with van der Waals surface area (Å²) in [4.78, 5) is 38.0. The molecule has 0 fully saturated rings. The molecule has 6 nitrogen and oxygen atoms in total. The number of carbonyl (C=O) groups excluding carboxylic acids is 3. The molecule has 0 aromatic carbocycles. The summed E-state index contributed by atoms with van der Waals surface area (Å²) >= 11 is 0. The Kier molecular flexibility index (Phi) is 51.0. The van der Waals surface area contributed by atoms with Gasteiger partial charge in [-0.1, -0.05) is 200 Å². The van der Waals surface area contributed by atoms with E-state index < -0.39 is 6.10 Å². The zero-order valence-electron chi connectivity index (χ0n) is 43.1. The Balaban J connectivity index is 4.60. The molecule has 67 heavy (non-hydrogen) atoms. The molecule has 0 bridgehead atoms. The predicted octanol–water partition coefficient (Wildman–Crippen LogP) is 18.1. The lowest BCUT2D eigenvalue weighted by Crippen LogP contribution is -2.30. The van der Waals surface area contributed by atoms with Gasteiger partial charge in [-0.25, -0.2) is 0 Å². The van der Waals surface area contributed by atoms with Gasteiger partial charge >= 0.3 is 17.9 Å². The summed E-state index contributed by atoms with van der Waals surface area (Å²) in [5.74, 6) is -1.06. The second kappa shape index (κ2) is 54.4. The van der Waals surface area contributed by atoms with Gasteiger partial charge in [0.2, 0.25) is 0 Å². The van der Waals surface area contributed by atoms with Crippen LogP contribution in [0.4, 0.5) is 0 Å². The SMILES string of the molecule is CCCCC/C=C\C/C=C\C/C=C\C/C=C\CCCC(=O)OCC(COC(=O)CCC/C=C\C/C=C\C/C=C\C/C=C\CCCCC)OC(=O)CCCCCCC/C=C\C/C=C\CCCCC. The summed E-state index contributed by atoms with van der Waals surface area (Å²) in [6.07, 6.45) is 74.7. The van der Waals surface area contributed by atoms with Gasteiger partial charge < -0.3 is 14.2 Å². The van der Waals surface area contributed by atoms with Gasteiger partial charge in [0.1, 0.15) is 13.2 Å². The van der Waals surface area contributed by atoms with Crippen molar-refractivity contribution in [3.05, 3.63) is 122 Å². The molecule has 0 heterocycles. The number of carbonyl (C=O) groups is 3. The molecule has 0 aliphatic rings. The largest absolute Gasteiger partial charge is 0.462 e. The van der Waals surface area contributed by atoms with Crippen LogP contribution in [0.3, 0.4) is 0 Å². The van der Waals surface area contributed by atoms with Gasteiger partial charge in [0, 0.05) is 19.3 Å². The Morgan fingerprint density at radius 1 is 0.299 bits per heavy atom. The highest BCUT2D eigenvalue weighted by molar-refractivity contribution is 5.71. The molecule has 0 unspecified atom stereocenters. The minimum Gasteiger partial charge on any atom is -0.462 e. The molecule has 0 spiro atoms. The van der Waals surface area contributed by atoms with E-state index in [1.807, 2.05) is 0 Å². The van der Waals surface area contributed by atoms with Crippen molar-refractivity contribution in [1.29, 1.82) is 0 Å². The maximum atomic E-state index is 12.8. The highest BCUT2D eigenvalue weighted by Crippen LogP contribution is 2.12. The van der Waals surface area contributed by atoms with Crippen LogP contribution in [0.2, 0.25) is 0 Å². The second-order valence-corrected chi connectivity index (χ2v) is 17.4. The van der Waals surface area contributed by atoms with Crippen LogP contribution in [0.15, 0.2) is 122 Å². The maximum absolute atomic E-state index is 12.8. The van der Waals surface area contributed by atoms with Crippen LogP contribution in [-0.4, -0.2) is 37.2 Å². The van der Waals surface area contributed by atoms with Crippen molar-refractivity contribution in [2.45, 2.75) is 232 Å². The van der Waals surface area contributed by atoms with Gasteiger partial charge in [-0.15, -0.1) is 0 Å². The molecular weight excluding hydrogens is 829 g/mol. The van der Waals surface area contributed by atoms with E-state index in [-0.39, 0.29) is 50.4 Å². The second-order valence-electron chi connectivity index (χ2n) is 17.4. The van der Waals surface area contributed by atoms with Gasteiger partial charge in [-0.2, -0.15) is 0 Å². The van der Waals surface area contributed by atoms with Crippen molar-refractivity contribution in [3.8, 4) is 0 Å². The predicted molar refractivity (Wildman–Crippen MR) is 288 cm³/mol. The molecule has 0 aromatic rings. The van der Waals surface area contributed by atoms with Gasteiger partial charge in [0.05, 0.1) is 0 Å². The molecule has 0 atom stereocenters. The Labute approximate surface area is 412 Å². The summed E-state index contributed by atoms with van der Waals surface area (Å²) in [6, 6.07) is 0. The van der Waals surface area contributed by atoms with Crippen molar-refractivity contribution in [3.63, 3.8) is 0 Å². The third-order valence-electron chi connectivity index (χ3n) is 10.9. The molecule has 0 aliphatic carbocycles. The summed E-state index contributed by atoms with van der Waals surface area (Å²) in [7, 11) is 0. The first kappa shape index (κ1) is 62.8. The lowest BCUT2D eigenvalue weighted by Gasteiger charge is -2.18. The molecule has 378 valence electrons. The molecular formula is C61H98O6. The maximum Gasteiger partial charge on any atom is 0.306 e. The topological polar surface area (TPSA) is 78.9 Å². The Morgan fingerprint density at radius 2 is 0.552 bits per heavy atom. The van der Waals surface area contributed by atoms with Crippen molar-refractivity contribution >= 4 is 17.9 Å². The number of esters is 3. The molecule has 0 saturated heterocycles. The van der Waals surface area contributed by atoms with E-state index in [2.05, 4.69) is 142 Å². The molecule has 0 saturated carbocycles. The van der Waals surface area contributed by atoms with Crippen molar-refractivity contribution in [2.24, 2.45) is 0 Å². The van der Waals surface area contributed by atoms with E-state index >= 15 is 0 Å². The number of rotatable bonds is 47. The average Bonchev–Trinajstić information content (AvgIpc) is 3.33. The van der Waals surface area contributed by atoms with E-state index in [1.165, 1.54) is 77.0 Å². The summed E-state index contributed by atoms with van der Waals surface area (Å²) in [5, 5.41) is 0. The van der Waals surface area contributed by atoms with Crippen LogP contribution in [0.5, 0.6) is 0 Å². The minimum absolute atomic E-state index is 0.132. The zero-order chi connectivity index (χ0) is 48.6. The van der Waals surface area contributed by atoms with Crippen molar-refractivity contribution in [1.82, 2.24) is 0 Å². The molecule has 0 N–H and O–H groups in total. The van der Waals surface area contributed by atoms with E-state index in [0.29, 0.717) is 12.8 Å². The quantitative estimate of drug-likeness (QED) is 0.0262.